The van der Waals surface area contributed by atoms with Crippen LogP contribution in [0.2, 0.25) is 0 Å². The van der Waals surface area contributed by atoms with Crippen LogP contribution in [-0.2, 0) is 0 Å². The Morgan fingerprint density at radius 1 is 1.39 bits per heavy atom. The standard InChI is InChI=1S/C13H15IN2OS/c14-10-3-1-9(2-4-10)13(17)16(11-5-6-11)8-7-12(15)18/h1-4,11H,5-8H2,(H2,15,18). The molecule has 96 valence electrons. The summed E-state index contributed by atoms with van der Waals surface area (Å²) in [4.78, 5) is 14.8. The average molecular weight is 374 g/mol. The van der Waals surface area contributed by atoms with Crippen molar-refractivity contribution in [3.63, 3.8) is 0 Å². The van der Waals surface area contributed by atoms with Crippen molar-refractivity contribution in [1.82, 2.24) is 4.90 Å². The monoisotopic (exact) mass is 374 g/mol. The lowest BCUT2D eigenvalue weighted by molar-refractivity contribution is 0.0748. The predicted molar refractivity (Wildman–Crippen MR) is 84.6 cm³/mol. The fourth-order valence-corrected chi connectivity index (χ4v) is 2.28. The van der Waals surface area contributed by atoms with E-state index >= 15 is 0 Å². The molecule has 18 heavy (non-hydrogen) atoms. The van der Waals surface area contributed by atoms with Crippen molar-refractivity contribution < 1.29 is 4.79 Å². The van der Waals surface area contributed by atoms with Crippen LogP contribution in [0.3, 0.4) is 0 Å². The normalized spacial score (nSPS) is 14.3. The lowest BCUT2D eigenvalue weighted by Crippen LogP contribution is -2.35. The number of hydrogen-bond donors (Lipinski definition) is 1. The summed E-state index contributed by atoms with van der Waals surface area (Å²) >= 11 is 7.11. The molecule has 1 aromatic carbocycles. The second kappa shape index (κ2) is 5.97. The molecule has 1 aliphatic carbocycles. The van der Waals surface area contributed by atoms with Gasteiger partial charge in [-0.3, -0.25) is 4.79 Å². The average Bonchev–Trinajstić information content (AvgIpc) is 3.14. The van der Waals surface area contributed by atoms with E-state index in [-0.39, 0.29) is 5.91 Å². The molecule has 5 heteroatoms. The van der Waals surface area contributed by atoms with E-state index in [0.29, 0.717) is 24.0 Å². The highest BCUT2D eigenvalue weighted by Crippen LogP contribution is 2.28. The molecule has 1 amide bonds. The highest BCUT2D eigenvalue weighted by atomic mass is 127. The van der Waals surface area contributed by atoms with Gasteiger partial charge < -0.3 is 10.6 Å². The van der Waals surface area contributed by atoms with E-state index in [0.717, 1.165) is 22.0 Å². The number of thiocarbonyl (C=S) groups is 1. The fourth-order valence-electron chi connectivity index (χ4n) is 1.83. The number of halogens is 1. The van der Waals surface area contributed by atoms with Crippen LogP contribution in [0.1, 0.15) is 29.6 Å². The van der Waals surface area contributed by atoms with Crippen molar-refractivity contribution in [2.75, 3.05) is 6.54 Å². The van der Waals surface area contributed by atoms with Crippen LogP contribution in [0.4, 0.5) is 0 Å². The maximum Gasteiger partial charge on any atom is 0.254 e. The zero-order valence-corrected chi connectivity index (χ0v) is 12.9. The molecule has 0 bridgehead atoms. The Hall–Kier alpha value is -0.690. The molecule has 0 saturated heterocycles. The molecule has 0 heterocycles. The molecule has 1 fully saturated rings. The molecule has 0 aromatic heterocycles. The Morgan fingerprint density at radius 3 is 2.50 bits per heavy atom. The van der Waals surface area contributed by atoms with Crippen LogP contribution in [0.15, 0.2) is 24.3 Å². The Morgan fingerprint density at radius 2 is 2.00 bits per heavy atom. The molecule has 1 aliphatic rings. The minimum Gasteiger partial charge on any atom is -0.393 e. The molecule has 2 N–H and O–H groups in total. The van der Waals surface area contributed by atoms with Gasteiger partial charge in [-0.1, -0.05) is 12.2 Å². The largest absolute Gasteiger partial charge is 0.393 e. The van der Waals surface area contributed by atoms with Gasteiger partial charge in [-0.2, -0.15) is 0 Å². The third-order valence-corrected chi connectivity index (χ3v) is 3.86. The smallest absolute Gasteiger partial charge is 0.254 e. The number of nitrogens with zero attached hydrogens (tertiary/aromatic N) is 1. The van der Waals surface area contributed by atoms with Gasteiger partial charge in [-0.15, -0.1) is 0 Å². The molecule has 3 nitrogen and oxygen atoms in total. The zero-order chi connectivity index (χ0) is 13.1. The number of carbonyl (C=O) groups excluding carboxylic acids is 1. The summed E-state index contributed by atoms with van der Waals surface area (Å²) in [6.07, 6.45) is 2.78. The summed E-state index contributed by atoms with van der Waals surface area (Å²) in [5.41, 5.74) is 6.25. The van der Waals surface area contributed by atoms with Crippen molar-refractivity contribution in [3.05, 3.63) is 33.4 Å². The van der Waals surface area contributed by atoms with Crippen molar-refractivity contribution in [2.24, 2.45) is 5.73 Å². The van der Waals surface area contributed by atoms with Gasteiger partial charge in [0.25, 0.3) is 5.91 Å². The van der Waals surface area contributed by atoms with Gasteiger partial charge in [0.1, 0.15) is 0 Å². The van der Waals surface area contributed by atoms with E-state index in [4.69, 9.17) is 18.0 Å². The van der Waals surface area contributed by atoms with Crippen LogP contribution in [0.5, 0.6) is 0 Å². The molecule has 0 atom stereocenters. The summed E-state index contributed by atoms with van der Waals surface area (Å²) in [6, 6.07) is 8.03. The highest BCUT2D eigenvalue weighted by Gasteiger charge is 2.32. The summed E-state index contributed by atoms with van der Waals surface area (Å²) < 4.78 is 1.13. The van der Waals surface area contributed by atoms with Crippen molar-refractivity contribution in [1.29, 1.82) is 0 Å². The lowest BCUT2D eigenvalue weighted by atomic mass is 10.2. The first-order valence-electron chi connectivity index (χ1n) is 5.93. The van der Waals surface area contributed by atoms with E-state index in [1.54, 1.807) is 0 Å². The highest BCUT2D eigenvalue weighted by molar-refractivity contribution is 14.1. The Bertz CT molecular complexity index is 457. The Balaban J connectivity index is 2.07. The van der Waals surface area contributed by atoms with Crippen LogP contribution in [0, 0.1) is 3.57 Å². The van der Waals surface area contributed by atoms with Crippen LogP contribution in [0.25, 0.3) is 0 Å². The molecule has 0 aliphatic heterocycles. The van der Waals surface area contributed by atoms with Gasteiger partial charge in [-0.05, 0) is 59.7 Å². The predicted octanol–water partition coefficient (Wildman–Crippen LogP) is 2.57. The van der Waals surface area contributed by atoms with Gasteiger partial charge in [0.2, 0.25) is 0 Å². The molecule has 1 aromatic rings. The maximum absolute atomic E-state index is 12.4. The van der Waals surface area contributed by atoms with Gasteiger partial charge in [0.15, 0.2) is 0 Å². The molecular formula is C13H15IN2OS. The number of amides is 1. The summed E-state index contributed by atoms with van der Waals surface area (Å²) in [5.74, 6) is 0.0881. The Labute approximate surface area is 126 Å². The zero-order valence-electron chi connectivity index (χ0n) is 9.93. The van der Waals surface area contributed by atoms with Crippen LogP contribution >= 0.6 is 34.8 Å². The van der Waals surface area contributed by atoms with Crippen molar-refractivity contribution in [3.8, 4) is 0 Å². The van der Waals surface area contributed by atoms with E-state index in [9.17, 15) is 4.79 Å². The quantitative estimate of drug-likeness (QED) is 0.637. The van der Waals surface area contributed by atoms with E-state index in [1.807, 2.05) is 29.2 Å². The maximum atomic E-state index is 12.4. The summed E-state index contributed by atoms with van der Waals surface area (Å²) in [5, 5.41) is 0. The van der Waals surface area contributed by atoms with Gasteiger partial charge in [0, 0.05) is 28.1 Å². The topological polar surface area (TPSA) is 46.3 Å². The summed E-state index contributed by atoms with van der Waals surface area (Å²) in [6.45, 7) is 0.630. The summed E-state index contributed by atoms with van der Waals surface area (Å²) in [7, 11) is 0. The number of hydrogen-bond acceptors (Lipinski definition) is 2. The van der Waals surface area contributed by atoms with Crippen LogP contribution in [-0.4, -0.2) is 28.4 Å². The third kappa shape index (κ3) is 3.65. The van der Waals surface area contributed by atoms with Crippen molar-refractivity contribution in [2.45, 2.75) is 25.3 Å². The number of rotatable bonds is 5. The van der Waals surface area contributed by atoms with E-state index < -0.39 is 0 Å². The van der Waals surface area contributed by atoms with Crippen molar-refractivity contribution >= 4 is 45.7 Å². The van der Waals surface area contributed by atoms with E-state index in [2.05, 4.69) is 22.6 Å². The van der Waals surface area contributed by atoms with Gasteiger partial charge >= 0.3 is 0 Å². The molecular weight excluding hydrogens is 359 g/mol. The number of nitrogens with two attached hydrogens (primary N) is 1. The van der Waals surface area contributed by atoms with Crippen LogP contribution < -0.4 is 5.73 Å². The minimum absolute atomic E-state index is 0.0881. The molecule has 2 rings (SSSR count). The lowest BCUT2D eigenvalue weighted by Gasteiger charge is -2.22. The van der Waals surface area contributed by atoms with Gasteiger partial charge in [-0.25, -0.2) is 0 Å². The molecule has 1 saturated carbocycles. The molecule has 0 spiro atoms. The fraction of sp³-hybridized carbons (Fsp3) is 0.385. The van der Waals surface area contributed by atoms with E-state index in [1.165, 1.54) is 0 Å². The minimum atomic E-state index is 0.0881. The Kier molecular flexibility index (Phi) is 4.55. The first kappa shape index (κ1) is 13.7. The van der Waals surface area contributed by atoms with Gasteiger partial charge in [0.05, 0.1) is 4.99 Å². The third-order valence-electron chi connectivity index (χ3n) is 2.94. The second-order valence-electron chi connectivity index (χ2n) is 4.45. The second-order valence-corrected chi connectivity index (χ2v) is 6.22. The first-order valence-corrected chi connectivity index (χ1v) is 7.41. The number of carbonyl (C=O) groups is 1. The molecule has 0 radical (unpaired) electrons. The first-order chi connectivity index (χ1) is 8.58. The number of benzene rings is 1. The molecule has 0 unspecified atom stereocenters. The SMILES string of the molecule is NC(=S)CCN(C(=O)c1ccc(I)cc1)C1CC1.